The van der Waals surface area contributed by atoms with Gasteiger partial charge in [0.15, 0.2) is 0 Å². The molecule has 136 valence electrons. The van der Waals surface area contributed by atoms with Gasteiger partial charge in [-0.15, -0.1) is 0 Å². The van der Waals surface area contributed by atoms with Crippen LogP contribution in [0.1, 0.15) is 40.9 Å². The summed E-state index contributed by atoms with van der Waals surface area (Å²) < 4.78 is 9.00. The smallest absolute Gasteiger partial charge is 0.272 e. The summed E-state index contributed by atoms with van der Waals surface area (Å²) in [5, 5.41) is 18.1. The maximum Gasteiger partial charge on any atom is 0.272 e. The molecule has 0 bridgehead atoms. The summed E-state index contributed by atoms with van der Waals surface area (Å²) in [5.41, 5.74) is 3.00. The molecule has 3 heterocycles. The lowest BCUT2D eigenvalue weighted by molar-refractivity contribution is 0.0727. The quantitative estimate of drug-likeness (QED) is 0.787. The summed E-state index contributed by atoms with van der Waals surface area (Å²) in [6.45, 7) is 7.40. The standard InChI is InChI=1S/C17H25N5O3/c1-3-25-8-7-22-16(9-13(2)18-22)17(24)20-5-4-6-21-15(11-20)10-14(12-23)19-21/h9-10,23H,3-8,11-12H2,1-2H3. The molecule has 2 aromatic heterocycles. The highest BCUT2D eigenvalue weighted by atomic mass is 16.5. The van der Waals surface area contributed by atoms with Crippen molar-refractivity contribution < 1.29 is 14.6 Å². The number of aryl methyl sites for hydroxylation is 2. The number of aliphatic hydroxyl groups is 1. The predicted molar refractivity (Wildman–Crippen MR) is 91.0 cm³/mol. The first-order valence-corrected chi connectivity index (χ1v) is 8.70. The van der Waals surface area contributed by atoms with E-state index < -0.39 is 0 Å². The Morgan fingerprint density at radius 3 is 2.92 bits per heavy atom. The van der Waals surface area contributed by atoms with E-state index in [4.69, 9.17) is 4.74 Å². The summed E-state index contributed by atoms with van der Waals surface area (Å²) in [6, 6.07) is 3.69. The van der Waals surface area contributed by atoms with E-state index in [-0.39, 0.29) is 12.5 Å². The Morgan fingerprint density at radius 1 is 1.32 bits per heavy atom. The van der Waals surface area contributed by atoms with Crippen molar-refractivity contribution >= 4 is 5.91 Å². The van der Waals surface area contributed by atoms with Crippen molar-refractivity contribution in [3.8, 4) is 0 Å². The van der Waals surface area contributed by atoms with Gasteiger partial charge in [-0.25, -0.2) is 0 Å². The number of amides is 1. The highest BCUT2D eigenvalue weighted by Crippen LogP contribution is 2.17. The zero-order chi connectivity index (χ0) is 17.8. The fourth-order valence-electron chi connectivity index (χ4n) is 3.12. The van der Waals surface area contributed by atoms with Crippen LogP contribution >= 0.6 is 0 Å². The first-order chi connectivity index (χ1) is 12.1. The molecule has 0 saturated carbocycles. The monoisotopic (exact) mass is 347 g/mol. The van der Waals surface area contributed by atoms with Crippen LogP contribution in [0.15, 0.2) is 12.1 Å². The Hall–Kier alpha value is -2.19. The minimum Gasteiger partial charge on any atom is -0.390 e. The van der Waals surface area contributed by atoms with Crippen LogP contribution in [0.3, 0.4) is 0 Å². The second kappa shape index (κ2) is 7.79. The summed E-state index contributed by atoms with van der Waals surface area (Å²) in [7, 11) is 0. The van der Waals surface area contributed by atoms with Crippen LogP contribution in [0, 0.1) is 6.92 Å². The summed E-state index contributed by atoms with van der Waals surface area (Å²) in [6.07, 6.45) is 0.831. The lowest BCUT2D eigenvalue weighted by Gasteiger charge is -2.20. The molecule has 1 amide bonds. The zero-order valence-electron chi connectivity index (χ0n) is 14.8. The van der Waals surface area contributed by atoms with Gasteiger partial charge in [0, 0.05) is 19.7 Å². The third-order valence-corrected chi connectivity index (χ3v) is 4.29. The number of rotatable bonds is 6. The molecule has 1 aliphatic rings. The molecule has 0 unspecified atom stereocenters. The average Bonchev–Trinajstić information content (AvgIpc) is 3.11. The topological polar surface area (TPSA) is 85.4 Å². The van der Waals surface area contributed by atoms with Crippen molar-refractivity contribution in [3.05, 3.63) is 34.9 Å². The molecular formula is C17H25N5O3. The molecule has 0 aromatic carbocycles. The predicted octanol–water partition coefficient (Wildman–Crippen LogP) is 0.963. The van der Waals surface area contributed by atoms with Crippen LogP contribution in [0.25, 0.3) is 0 Å². The SMILES string of the molecule is CCOCCn1nc(C)cc1C(=O)N1CCCn2nc(CO)cc2C1. The maximum absolute atomic E-state index is 13.1. The van der Waals surface area contributed by atoms with Crippen molar-refractivity contribution in [3.63, 3.8) is 0 Å². The van der Waals surface area contributed by atoms with Crippen LogP contribution in [-0.4, -0.2) is 55.2 Å². The lowest BCUT2D eigenvalue weighted by atomic mass is 10.2. The largest absolute Gasteiger partial charge is 0.390 e. The number of carbonyl (C=O) groups excluding carboxylic acids is 1. The van der Waals surface area contributed by atoms with Crippen molar-refractivity contribution in [1.29, 1.82) is 0 Å². The Balaban J connectivity index is 1.78. The molecule has 0 radical (unpaired) electrons. The number of carbonyl (C=O) groups is 1. The van der Waals surface area contributed by atoms with Crippen molar-refractivity contribution in [2.24, 2.45) is 0 Å². The Bertz CT molecular complexity index is 737. The van der Waals surface area contributed by atoms with E-state index in [1.165, 1.54) is 0 Å². The first kappa shape index (κ1) is 17.6. The maximum atomic E-state index is 13.1. The molecule has 1 N–H and O–H groups in total. The Morgan fingerprint density at radius 2 is 2.16 bits per heavy atom. The molecule has 8 heteroatoms. The van der Waals surface area contributed by atoms with Crippen molar-refractivity contribution in [2.45, 2.75) is 46.5 Å². The first-order valence-electron chi connectivity index (χ1n) is 8.70. The minimum atomic E-state index is -0.0860. The molecule has 1 aliphatic heterocycles. The number of hydrogen-bond donors (Lipinski definition) is 1. The number of fused-ring (bicyclic) bond motifs is 1. The number of hydrogen-bond acceptors (Lipinski definition) is 5. The number of aliphatic hydroxyl groups excluding tert-OH is 1. The van der Waals surface area contributed by atoms with Gasteiger partial charge in [0.05, 0.1) is 43.4 Å². The van der Waals surface area contributed by atoms with Gasteiger partial charge >= 0.3 is 0 Å². The van der Waals surface area contributed by atoms with Gasteiger partial charge in [0.2, 0.25) is 0 Å². The van der Waals surface area contributed by atoms with Crippen LogP contribution in [0.2, 0.25) is 0 Å². The van der Waals surface area contributed by atoms with E-state index in [1.807, 2.05) is 35.6 Å². The fourth-order valence-corrected chi connectivity index (χ4v) is 3.12. The van der Waals surface area contributed by atoms with E-state index >= 15 is 0 Å². The highest BCUT2D eigenvalue weighted by Gasteiger charge is 2.24. The van der Waals surface area contributed by atoms with Gasteiger partial charge in [-0.2, -0.15) is 10.2 Å². The van der Waals surface area contributed by atoms with Gasteiger partial charge < -0.3 is 14.7 Å². The van der Waals surface area contributed by atoms with Crippen molar-refractivity contribution in [1.82, 2.24) is 24.5 Å². The zero-order valence-corrected chi connectivity index (χ0v) is 14.8. The normalized spacial score (nSPS) is 14.4. The van der Waals surface area contributed by atoms with Crippen molar-refractivity contribution in [2.75, 3.05) is 19.8 Å². The second-order valence-corrected chi connectivity index (χ2v) is 6.18. The molecule has 0 saturated heterocycles. The summed E-state index contributed by atoms with van der Waals surface area (Å²) in [5.74, 6) is -0.0303. The summed E-state index contributed by atoms with van der Waals surface area (Å²) in [4.78, 5) is 14.9. The third-order valence-electron chi connectivity index (χ3n) is 4.29. The number of aromatic nitrogens is 4. The Kier molecular flexibility index (Phi) is 5.50. The molecule has 0 aliphatic carbocycles. The van der Waals surface area contributed by atoms with Gasteiger partial charge in [-0.05, 0) is 32.4 Å². The van der Waals surface area contributed by atoms with Crippen LogP contribution in [-0.2, 0) is 31.0 Å². The van der Waals surface area contributed by atoms with E-state index in [0.717, 1.165) is 24.4 Å². The summed E-state index contributed by atoms with van der Waals surface area (Å²) >= 11 is 0. The van der Waals surface area contributed by atoms with Gasteiger partial charge in [0.25, 0.3) is 5.91 Å². The van der Waals surface area contributed by atoms with Crippen LogP contribution < -0.4 is 0 Å². The highest BCUT2D eigenvalue weighted by molar-refractivity contribution is 5.92. The minimum absolute atomic E-state index is 0.0303. The molecule has 0 atom stereocenters. The van der Waals surface area contributed by atoms with Crippen LogP contribution in [0.4, 0.5) is 0 Å². The third kappa shape index (κ3) is 3.91. The lowest BCUT2D eigenvalue weighted by Crippen LogP contribution is -2.32. The van der Waals surface area contributed by atoms with E-state index in [1.54, 1.807) is 4.68 Å². The number of nitrogens with zero attached hydrogens (tertiary/aromatic N) is 5. The molecular weight excluding hydrogens is 322 g/mol. The molecule has 0 spiro atoms. The van der Waals surface area contributed by atoms with Crippen LogP contribution in [0.5, 0.6) is 0 Å². The molecule has 0 fully saturated rings. The van der Waals surface area contributed by atoms with Gasteiger partial charge in [-0.3, -0.25) is 14.2 Å². The van der Waals surface area contributed by atoms with Gasteiger partial charge in [-0.1, -0.05) is 0 Å². The van der Waals surface area contributed by atoms with E-state index in [2.05, 4.69) is 10.2 Å². The second-order valence-electron chi connectivity index (χ2n) is 6.18. The molecule has 25 heavy (non-hydrogen) atoms. The number of ether oxygens (including phenoxy) is 1. The fraction of sp³-hybridized carbons (Fsp3) is 0.588. The molecule has 3 rings (SSSR count). The van der Waals surface area contributed by atoms with Gasteiger partial charge in [0.1, 0.15) is 5.69 Å². The average molecular weight is 347 g/mol. The molecule has 8 nitrogen and oxygen atoms in total. The van der Waals surface area contributed by atoms with E-state index in [0.29, 0.717) is 44.2 Å². The Labute approximate surface area is 147 Å². The van der Waals surface area contributed by atoms with E-state index in [9.17, 15) is 9.90 Å². The molecule has 2 aromatic rings.